The Labute approximate surface area is 147 Å². The van der Waals surface area contributed by atoms with Gasteiger partial charge in [0.05, 0.1) is 0 Å². The van der Waals surface area contributed by atoms with Crippen LogP contribution in [0.25, 0.3) is 0 Å². The molecule has 2 rings (SSSR count). The number of piperidine rings is 1. The van der Waals surface area contributed by atoms with E-state index in [0.29, 0.717) is 37.9 Å². The highest BCUT2D eigenvalue weighted by Gasteiger charge is 2.28. The summed E-state index contributed by atoms with van der Waals surface area (Å²) in [5.41, 5.74) is 1.47. The van der Waals surface area contributed by atoms with Crippen LogP contribution >= 0.6 is 11.8 Å². The minimum atomic E-state index is -0.544. The number of thioether (sulfide) groups is 1. The number of nitrogens with one attached hydrogen (secondary N) is 1. The van der Waals surface area contributed by atoms with Gasteiger partial charge in [0.15, 0.2) is 0 Å². The molecule has 1 aliphatic rings. The van der Waals surface area contributed by atoms with Crippen molar-refractivity contribution in [2.75, 3.05) is 25.1 Å². The van der Waals surface area contributed by atoms with Gasteiger partial charge in [0.2, 0.25) is 5.91 Å². The Hall–Kier alpha value is -1.82. The van der Waals surface area contributed by atoms with Crippen LogP contribution in [0.2, 0.25) is 0 Å². The molecule has 130 valence electrons. The zero-order chi connectivity index (χ0) is 17.5. The van der Waals surface area contributed by atoms with Crippen molar-refractivity contribution in [1.82, 2.24) is 10.2 Å². The van der Waals surface area contributed by atoms with E-state index < -0.39 is 6.04 Å². The third kappa shape index (κ3) is 4.84. The number of Topliss-reactive ketones (excluding diaryl/α,β-unsaturated/α-hetero) is 1. The number of hydrogen-bond donors (Lipinski definition) is 1. The van der Waals surface area contributed by atoms with Crippen LogP contribution in [0.5, 0.6) is 0 Å². The Balaban J connectivity index is 2.07. The Morgan fingerprint density at radius 1 is 1.25 bits per heavy atom. The summed E-state index contributed by atoms with van der Waals surface area (Å²) in [7, 11) is 0. The van der Waals surface area contributed by atoms with Crippen LogP contribution in [-0.2, 0) is 9.59 Å². The van der Waals surface area contributed by atoms with E-state index in [1.54, 1.807) is 22.7 Å². The van der Waals surface area contributed by atoms with E-state index in [4.69, 9.17) is 0 Å². The highest BCUT2D eigenvalue weighted by Crippen LogP contribution is 2.13. The second-order valence-corrected chi connectivity index (χ2v) is 6.97. The average molecular weight is 348 g/mol. The molecule has 1 saturated heterocycles. The second kappa shape index (κ2) is 8.87. The molecule has 2 amide bonds. The molecule has 1 N–H and O–H groups in total. The zero-order valence-electron chi connectivity index (χ0n) is 14.2. The molecular weight excluding hydrogens is 324 g/mol. The fraction of sp³-hybridized carbons (Fsp3) is 0.500. The number of nitrogens with zero attached hydrogens (tertiary/aromatic N) is 1. The van der Waals surface area contributed by atoms with Crippen LogP contribution in [0.1, 0.15) is 35.2 Å². The topological polar surface area (TPSA) is 66.5 Å². The fourth-order valence-corrected chi connectivity index (χ4v) is 3.23. The van der Waals surface area contributed by atoms with Crippen molar-refractivity contribution in [3.63, 3.8) is 0 Å². The van der Waals surface area contributed by atoms with Crippen molar-refractivity contribution in [1.29, 1.82) is 0 Å². The summed E-state index contributed by atoms with van der Waals surface area (Å²) in [5.74, 6) is 0.680. The molecule has 1 aliphatic heterocycles. The third-order valence-electron chi connectivity index (χ3n) is 4.24. The van der Waals surface area contributed by atoms with Gasteiger partial charge in [0, 0.05) is 31.5 Å². The average Bonchev–Trinajstić information content (AvgIpc) is 2.59. The lowest BCUT2D eigenvalue weighted by Gasteiger charge is -2.30. The summed E-state index contributed by atoms with van der Waals surface area (Å²) in [6.45, 7) is 2.78. The van der Waals surface area contributed by atoms with Crippen molar-refractivity contribution in [3.8, 4) is 0 Å². The monoisotopic (exact) mass is 348 g/mol. The molecule has 1 aromatic carbocycles. The fourth-order valence-electron chi connectivity index (χ4n) is 2.75. The standard InChI is InChI=1S/C18H24N2O3S/c1-13-5-3-4-6-15(13)17(22)19-16(9-12-24-2)18(23)20-10-7-14(21)8-11-20/h3-6,16H,7-12H2,1-2H3,(H,19,22)/t16-/m0/s1. The van der Waals surface area contributed by atoms with Crippen LogP contribution in [0.15, 0.2) is 24.3 Å². The molecular formula is C18H24N2O3S. The van der Waals surface area contributed by atoms with Crippen LogP contribution in [-0.4, -0.2) is 53.6 Å². The summed E-state index contributed by atoms with van der Waals surface area (Å²) in [5, 5.41) is 2.89. The summed E-state index contributed by atoms with van der Waals surface area (Å²) < 4.78 is 0. The normalized spacial score (nSPS) is 15.9. The van der Waals surface area contributed by atoms with E-state index >= 15 is 0 Å². The van der Waals surface area contributed by atoms with Gasteiger partial charge in [0.1, 0.15) is 11.8 Å². The molecule has 5 nitrogen and oxygen atoms in total. The number of likely N-dealkylation sites (tertiary alicyclic amines) is 1. The molecule has 1 heterocycles. The first-order chi connectivity index (χ1) is 11.5. The Morgan fingerprint density at radius 2 is 1.92 bits per heavy atom. The van der Waals surface area contributed by atoms with Crippen molar-refractivity contribution >= 4 is 29.4 Å². The first-order valence-electron chi connectivity index (χ1n) is 8.19. The number of amides is 2. The van der Waals surface area contributed by atoms with E-state index in [-0.39, 0.29) is 17.6 Å². The molecule has 1 atom stereocenters. The van der Waals surface area contributed by atoms with E-state index in [1.165, 1.54) is 0 Å². The predicted molar refractivity (Wildman–Crippen MR) is 96.3 cm³/mol. The van der Waals surface area contributed by atoms with Gasteiger partial charge in [-0.1, -0.05) is 18.2 Å². The zero-order valence-corrected chi connectivity index (χ0v) is 15.0. The maximum absolute atomic E-state index is 12.8. The van der Waals surface area contributed by atoms with Crippen molar-refractivity contribution in [3.05, 3.63) is 35.4 Å². The highest BCUT2D eigenvalue weighted by molar-refractivity contribution is 7.98. The minimum Gasteiger partial charge on any atom is -0.340 e. The highest BCUT2D eigenvalue weighted by atomic mass is 32.2. The van der Waals surface area contributed by atoms with Crippen molar-refractivity contribution in [2.24, 2.45) is 0 Å². The second-order valence-electron chi connectivity index (χ2n) is 5.99. The quantitative estimate of drug-likeness (QED) is 0.854. The molecule has 1 fully saturated rings. The predicted octanol–water partition coefficient (Wildman–Crippen LogP) is 2.04. The Kier molecular flexibility index (Phi) is 6.85. The Bertz CT molecular complexity index is 608. The van der Waals surface area contributed by atoms with E-state index in [9.17, 15) is 14.4 Å². The maximum atomic E-state index is 12.8. The number of carbonyl (C=O) groups is 3. The van der Waals surface area contributed by atoms with Gasteiger partial charge in [0.25, 0.3) is 5.91 Å². The smallest absolute Gasteiger partial charge is 0.252 e. The van der Waals surface area contributed by atoms with E-state index in [2.05, 4.69) is 5.32 Å². The number of carbonyl (C=O) groups excluding carboxylic acids is 3. The first-order valence-corrected chi connectivity index (χ1v) is 9.58. The third-order valence-corrected chi connectivity index (χ3v) is 4.88. The lowest BCUT2D eigenvalue weighted by atomic mass is 10.1. The number of benzene rings is 1. The van der Waals surface area contributed by atoms with Gasteiger partial charge >= 0.3 is 0 Å². The van der Waals surface area contributed by atoms with Crippen LogP contribution < -0.4 is 5.32 Å². The largest absolute Gasteiger partial charge is 0.340 e. The van der Waals surface area contributed by atoms with Gasteiger partial charge < -0.3 is 10.2 Å². The minimum absolute atomic E-state index is 0.0847. The van der Waals surface area contributed by atoms with Gasteiger partial charge in [-0.15, -0.1) is 0 Å². The molecule has 24 heavy (non-hydrogen) atoms. The van der Waals surface area contributed by atoms with Crippen LogP contribution in [0.4, 0.5) is 0 Å². The van der Waals surface area contributed by atoms with E-state index in [0.717, 1.165) is 11.3 Å². The first kappa shape index (κ1) is 18.5. The molecule has 0 unspecified atom stereocenters. The lowest BCUT2D eigenvalue weighted by Crippen LogP contribution is -2.51. The maximum Gasteiger partial charge on any atom is 0.252 e. The molecule has 1 aromatic rings. The summed E-state index contributed by atoms with van der Waals surface area (Å²) in [6.07, 6.45) is 3.38. The summed E-state index contributed by atoms with van der Waals surface area (Å²) >= 11 is 1.64. The number of aryl methyl sites for hydroxylation is 1. The molecule has 0 bridgehead atoms. The molecule has 6 heteroatoms. The molecule has 0 radical (unpaired) electrons. The molecule has 0 aromatic heterocycles. The van der Waals surface area contributed by atoms with Gasteiger partial charge in [-0.3, -0.25) is 14.4 Å². The van der Waals surface area contributed by atoms with Gasteiger partial charge in [-0.2, -0.15) is 11.8 Å². The lowest BCUT2D eigenvalue weighted by molar-refractivity contribution is -0.136. The molecule has 0 saturated carbocycles. The molecule has 0 spiro atoms. The SMILES string of the molecule is CSCC[C@H](NC(=O)c1ccccc1C)C(=O)N1CCC(=O)CC1. The Morgan fingerprint density at radius 3 is 2.54 bits per heavy atom. The van der Waals surface area contributed by atoms with Crippen molar-refractivity contribution < 1.29 is 14.4 Å². The van der Waals surface area contributed by atoms with Gasteiger partial charge in [-0.25, -0.2) is 0 Å². The summed E-state index contributed by atoms with van der Waals surface area (Å²) in [4.78, 5) is 38.4. The number of hydrogen-bond acceptors (Lipinski definition) is 4. The van der Waals surface area contributed by atoms with Crippen LogP contribution in [0, 0.1) is 6.92 Å². The number of ketones is 1. The molecule has 0 aliphatic carbocycles. The van der Waals surface area contributed by atoms with E-state index in [1.807, 2.05) is 31.4 Å². The van der Waals surface area contributed by atoms with Crippen molar-refractivity contribution in [2.45, 2.75) is 32.2 Å². The van der Waals surface area contributed by atoms with Crippen LogP contribution in [0.3, 0.4) is 0 Å². The summed E-state index contributed by atoms with van der Waals surface area (Å²) in [6, 6.07) is 6.80. The number of rotatable bonds is 6. The van der Waals surface area contributed by atoms with Gasteiger partial charge in [-0.05, 0) is 37.0 Å².